The Morgan fingerprint density at radius 2 is 1.69 bits per heavy atom. The molecule has 0 unspecified atom stereocenters. The zero-order chi connectivity index (χ0) is 10.5. The van der Waals surface area contributed by atoms with Gasteiger partial charge in [-0.05, 0) is 11.8 Å². The van der Waals surface area contributed by atoms with Gasteiger partial charge in [0.15, 0.2) is 11.6 Å². The highest BCUT2D eigenvalue weighted by atomic mass is 35.5. The van der Waals surface area contributed by atoms with Crippen molar-refractivity contribution in [1.29, 1.82) is 0 Å². The third kappa shape index (κ3) is 6.76. The van der Waals surface area contributed by atoms with Crippen molar-refractivity contribution in [2.45, 2.75) is 40.0 Å². The molecule has 2 nitrogen and oxygen atoms in total. The predicted octanol–water partition coefficient (Wildman–Crippen LogP) is 2.58. The summed E-state index contributed by atoms with van der Waals surface area (Å²) in [7, 11) is 0. The number of halogens is 1. The minimum Gasteiger partial charge on any atom is -0.291 e. The first kappa shape index (κ1) is 12.6. The fraction of sp³-hybridized carbons (Fsp3) is 0.800. The Labute approximate surface area is 84.7 Å². The van der Waals surface area contributed by atoms with Gasteiger partial charge in [0.25, 0.3) is 0 Å². The summed E-state index contributed by atoms with van der Waals surface area (Å²) in [6.45, 7) is 5.83. The molecule has 0 heterocycles. The quantitative estimate of drug-likeness (QED) is 0.510. The van der Waals surface area contributed by atoms with Gasteiger partial charge in [-0.2, -0.15) is 0 Å². The SMILES string of the molecule is CC(C)(C)CC(=O)C(=O)CCCCl. The van der Waals surface area contributed by atoms with Crippen LogP contribution in [-0.4, -0.2) is 17.4 Å². The van der Waals surface area contributed by atoms with E-state index in [9.17, 15) is 9.59 Å². The summed E-state index contributed by atoms with van der Waals surface area (Å²) in [5.74, 6) is -0.109. The number of rotatable bonds is 5. The van der Waals surface area contributed by atoms with Gasteiger partial charge in [-0.25, -0.2) is 0 Å². The van der Waals surface area contributed by atoms with Crippen LogP contribution in [0.1, 0.15) is 40.0 Å². The smallest absolute Gasteiger partial charge is 0.198 e. The normalized spacial score (nSPS) is 11.4. The molecule has 0 spiro atoms. The largest absolute Gasteiger partial charge is 0.291 e. The molecule has 0 aliphatic rings. The second-order valence-corrected chi connectivity index (χ2v) is 4.75. The van der Waals surface area contributed by atoms with Crippen molar-refractivity contribution in [2.75, 3.05) is 5.88 Å². The maximum Gasteiger partial charge on any atom is 0.198 e. The van der Waals surface area contributed by atoms with Crippen LogP contribution in [0.2, 0.25) is 0 Å². The molecule has 13 heavy (non-hydrogen) atoms. The predicted molar refractivity (Wildman–Crippen MR) is 54.0 cm³/mol. The molecule has 0 aromatic carbocycles. The molecule has 0 rings (SSSR count). The van der Waals surface area contributed by atoms with Crippen LogP contribution in [0.3, 0.4) is 0 Å². The second kappa shape index (κ2) is 5.38. The van der Waals surface area contributed by atoms with Crippen LogP contribution in [0.15, 0.2) is 0 Å². The Bertz CT molecular complexity index is 192. The van der Waals surface area contributed by atoms with Gasteiger partial charge in [0.2, 0.25) is 0 Å². The molecule has 3 heteroatoms. The summed E-state index contributed by atoms with van der Waals surface area (Å²) in [4.78, 5) is 22.4. The number of ketones is 2. The highest BCUT2D eigenvalue weighted by Crippen LogP contribution is 2.19. The molecule has 0 saturated heterocycles. The van der Waals surface area contributed by atoms with Crippen LogP contribution >= 0.6 is 11.6 Å². The van der Waals surface area contributed by atoms with Crippen LogP contribution in [0.25, 0.3) is 0 Å². The van der Waals surface area contributed by atoms with Crippen molar-refractivity contribution in [3.63, 3.8) is 0 Å². The van der Waals surface area contributed by atoms with Gasteiger partial charge in [-0.3, -0.25) is 9.59 Å². The Kier molecular flexibility index (Phi) is 5.23. The minimum absolute atomic E-state index is 0.103. The summed E-state index contributed by atoms with van der Waals surface area (Å²) < 4.78 is 0. The lowest BCUT2D eigenvalue weighted by atomic mass is 9.88. The molecule has 0 atom stereocenters. The molecule has 0 amide bonds. The van der Waals surface area contributed by atoms with Crippen molar-refractivity contribution in [1.82, 2.24) is 0 Å². The molecule has 0 aromatic heterocycles. The Morgan fingerprint density at radius 1 is 1.15 bits per heavy atom. The molecule has 0 saturated carbocycles. The zero-order valence-electron chi connectivity index (χ0n) is 8.52. The standard InChI is InChI=1S/C10H17ClO2/c1-10(2,3)7-9(13)8(12)5-4-6-11/h4-7H2,1-3H3. The molecular formula is C10H17ClO2. The van der Waals surface area contributed by atoms with Crippen molar-refractivity contribution in [2.24, 2.45) is 5.41 Å². The first-order valence-corrected chi connectivity index (χ1v) is 5.02. The second-order valence-electron chi connectivity index (χ2n) is 4.38. The molecule has 76 valence electrons. The summed E-state index contributed by atoms with van der Waals surface area (Å²) >= 11 is 5.42. The highest BCUT2D eigenvalue weighted by Gasteiger charge is 2.20. The topological polar surface area (TPSA) is 34.1 Å². The van der Waals surface area contributed by atoms with Gasteiger partial charge in [0.1, 0.15) is 0 Å². The van der Waals surface area contributed by atoms with Crippen LogP contribution in [0.4, 0.5) is 0 Å². The lowest BCUT2D eigenvalue weighted by molar-refractivity contribution is -0.137. The van der Waals surface area contributed by atoms with Gasteiger partial charge in [-0.1, -0.05) is 20.8 Å². The molecule has 0 radical (unpaired) electrons. The summed E-state index contributed by atoms with van der Waals surface area (Å²) in [6.07, 6.45) is 1.21. The van der Waals surface area contributed by atoms with Crippen molar-refractivity contribution in [3.8, 4) is 0 Å². The molecule has 0 aromatic rings. The van der Waals surface area contributed by atoms with Crippen molar-refractivity contribution >= 4 is 23.2 Å². The van der Waals surface area contributed by atoms with Crippen LogP contribution in [-0.2, 0) is 9.59 Å². The van der Waals surface area contributed by atoms with E-state index in [4.69, 9.17) is 11.6 Å². The number of carbonyl (C=O) groups is 2. The van der Waals surface area contributed by atoms with Crippen molar-refractivity contribution < 1.29 is 9.59 Å². The summed E-state index contributed by atoms with van der Waals surface area (Å²) in [5, 5.41) is 0. The van der Waals surface area contributed by atoms with E-state index in [0.717, 1.165) is 0 Å². The van der Waals surface area contributed by atoms with Gasteiger partial charge in [0, 0.05) is 18.7 Å². The summed E-state index contributed by atoms with van der Waals surface area (Å²) in [5.41, 5.74) is -0.103. The molecule has 0 bridgehead atoms. The van der Waals surface area contributed by atoms with E-state index in [0.29, 0.717) is 25.1 Å². The van der Waals surface area contributed by atoms with Crippen LogP contribution in [0, 0.1) is 5.41 Å². The Balaban J connectivity index is 3.91. The van der Waals surface area contributed by atoms with E-state index in [2.05, 4.69) is 0 Å². The Hall–Kier alpha value is -0.370. The van der Waals surface area contributed by atoms with E-state index in [1.807, 2.05) is 20.8 Å². The lowest BCUT2D eigenvalue weighted by Crippen LogP contribution is -2.20. The van der Waals surface area contributed by atoms with Crippen LogP contribution in [0.5, 0.6) is 0 Å². The van der Waals surface area contributed by atoms with E-state index in [-0.39, 0.29) is 17.0 Å². The van der Waals surface area contributed by atoms with Gasteiger partial charge in [0.05, 0.1) is 0 Å². The number of Topliss-reactive ketones (excluding diaryl/α,β-unsaturated/α-hetero) is 2. The number of hydrogen-bond acceptors (Lipinski definition) is 2. The van der Waals surface area contributed by atoms with Gasteiger partial charge >= 0.3 is 0 Å². The monoisotopic (exact) mass is 204 g/mol. The molecule has 0 aliphatic heterocycles. The number of carbonyl (C=O) groups excluding carboxylic acids is 2. The maximum absolute atomic E-state index is 11.3. The van der Waals surface area contributed by atoms with E-state index in [1.165, 1.54) is 0 Å². The number of alkyl halides is 1. The first-order valence-electron chi connectivity index (χ1n) is 4.49. The van der Waals surface area contributed by atoms with Gasteiger partial charge < -0.3 is 0 Å². The lowest BCUT2D eigenvalue weighted by Gasteiger charge is -2.15. The van der Waals surface area contributed by atoms with E-state index in [1.54, 1.807) is 0 Å². The molecular weight excluding hydrogens is 188 g/mol. The van der Waals surface area contributed by atoms with E-state index >= 15 is 0 Å². The average Bonchev–Trinajstić information content (AvgIpc) is 1.96. The van der Waals surface area contributed by atoms with E-state index < -0.39 is 0 Å². The molecule has 0 aliphatic carbocycles. The maximum atomic E-state index is 11.3. The third-order valence-corrected chi connectivity index (χ3v) is 1.81. The fourth-order valence-electron chi connectivity index (χ4n) is 0.947. The average molecular weight is 205 g/mol. The van der Waals surface area contributed by atoms with Gasteiger partial charge in [-0.15, -0.1) is 11.6 Å². The first-order chi connectivity index (χ1) is 5.87. The Morgan fingerprint density at radius 3 is 2.08 bits per heavy atom. The zero-order valence-corrected chi connectivity index (χ0v) is 9.28. The molecule has 0 fully saturated rings. The summed E-state index contributed by atoms with van der Waals surface area (Å²) in [6, 6.07) is 0. The van der Waals surface area contributed by atoms with Crippen LogP contribution < -0.4 is 0 Å². The third-order valence-electron chi connectivity index (χ3n) is 1.54. The molecule has 0 N–H and O–H groups in total. The minimum atomic E-state index is -0.282. The van der Waals surface area contributed by atoms with Crippen molar-refractivity contribution in [3.05, 3.63) is 0 Å². The fourth-order valence-corrected chi connectivity index (χ4v) is 1.08. The highest BCUT2D eigenvalue weighted by molar-refractivity contribution is 6.37. The number of hydrogen-bond donors (Lipinski definition) is 0.